The van der Waals surface area contributed by atoms with Crippen molar-refractivity contribution in [3.63, 3.8) is 0 Å². The molecular weight excluding hydrogens is 299 g/mol. The average Bonchev–Trinajstić information content (AvgIpc) is 2.88. The molecule has 1 aromatic carbocycles. The van der Waals surface area contributed by atoms with Gasteiger partial charge in [0, 0.05) is 17.5 Å². The molecule has 0 bridgehead atoms. The molecule has 2 aromatic rings. The molecule has 5 heteroatoms. The molecule has 0 spiro atoms. The summed E-state index contributed by atoms with van der Waals surface area (Å²) in [5.74, 6) is -0.320. The summed E-state index contributed by atoms with van der Waals surface area (Å²) in [7, 11) is 0. The van der Waals surface area contributed by atoms with Crippen LogP contribution in [0.3, 0.4) is 0 Å². The molecule has 0 aliphatic heterocycles. The zero-order valence-electron chi connectivity index (χ0n) is 13.1. The minimum absolute atomic E-state index is 0.0637. The Morgan fingerprint density at radius 1 is 1.32 bits per heavy atom. The third kappa shape index (κ3) is 4.15. The number of carbonyl (C=O) groups excluding carboxylic acids is 1. The zero-order valence-corrected chi connectivity index (χ0v) is 13.9. The maximum atomic E-state index is 13.0. The number of rotatable bonds is 6. The van der Waals surface area contributed by atoms with E-state index in [1.54, 1.807) is 12.1 Å². The Balaban J connectivity index is 2.09. The first-order valence-electron chi connectivity index (χ1n) is 7.39. The summed E-state index contributed by atoms with van der Waals surface area (Å²) in [5, 5.41) is 6.19. The van der Waals surface area contributed by atoms with Gasteiger partial charge in [-0.1, -0.05) is 19.1 Å². The van der Waals surface area contributed by atoms with Crippen LogP contribution in [0.15, 0.2) is 30.3 Å². The molecule has 0 fully saturated rings. The third-order valence-corrected chi connectivity index (χ3v) is 4.65. The molecule has 1 heterocycles. The standard InChI is InChI=1S/C17H21FN2OS/c1-4-19-12(3)10-20-17(21)15-9-11(2)16(22-15)13-5-7-14(18)8-6-13/h5-9,12,19H,4,10H2,1-3H3,(H,20,21)/t12-/m1/s1. The van der Waals surface area contributed by atoms with Gasteiger partial charge in [0.05, 0.1) is 4.88 Å². The quantitative estimate of drug-likeness (QED) is 0.854. The first-order chi connectivity index (χ1) is 10.5. The van der Waals surface area contributed by atoms with E-state index in [9.17, 15) is 9.18 Å². The first-order valence-corrected chi connectivity index (χ1v) is 8.21. The number of benzene rings is 1. The SMILES string of the molecule is CCN[C@H](C)CNC(=O)c1cc(C)c(-c2ccc(F)cc2)s1. The number of nitrogens with one attached hydrogen (secondary N) is 2. The van der Waals surface area contributed by atoms with Gasteiger partial charge in [0.2, 0.25) is 0 Å². The Labute approximate surface area is 134 Å². The Bertz CT molecular complexity index is 637. The van der Waals surface area contributed by atoms with Crippen molar-refractivity contribution < 1.29 is 9.18 Å². The summed E-state index contributed by atoms with van der Waals surface area (Å²) in [6, 6.07) is 8.48. The van der Waals surface area contributed by atoms with Crippen molar-refractivity contribution in [1.29, 1.82) is 0 Å². The van der Waals surface area contributed by atoms with Crippen LogP contribution in [-0.2, 0) is 0 Å². The molecule has 2 rings (SSSR count). The fourth-order valence-corrected chi connectivity index (χ4v) is 3.33. The molecule has 0 aliphatic rings. The summed E-state index contributed by atoms with van der Waals surface area (Å²) in [6.07, 6.45) is 0. The van der Waals surface area contributed by atoms with Crippen molar-refractivity contribution in [3.05, 3.63) is 46.6 Å². The van der Waals surface area contributed by atoms with Crippen LogP contribution < -0.4 is 10.6 Å². The largest absolute Gasteiger partial charge is 0.350 e. The number of amides is 1. The third-order valence-electron chi connectivity index (χ3n) is 3.37. The van der Waals surface area contributed by atoms with Gasteiger partial charge in [-0.05, 0) is 49.7 Å². The second kappa shape index (κ2) is 7.51. The number of carbonyl (C=O) groups is 1. The molecule has 0 unspecified atom stereocenters. The molecule has 0 saturated carbocycles. The summed E-state index contributed by atoms with van der Waals surface area (Å²) in [4.78, 5) is 13.9. The molecule has 22 heavy (non-hydrogen) atoms. The highest BCUT2D eigenvalue weighted by atomic mass is 32.1. The van der Waals surface area contributed by atoms with Crippen molar-refractivity contribution in [2.24, 2.45) is 0 Å². The zero-order chi connectivity index (χ0) is 16.1. The van der Waals surface area contributed by atoms with E-state index in [0.717, 1.165) is 22.5 Å². The van der Waals surface area contributed by atoms with Gasteiger partial charge >= 0.3 is 0 Å². The van der Waals surface area contributed by atoms with E-state index < -0.39 is 0 Å². The Morgan fingerprint density at radius 3 is 2.64 bits per heavy atom. The van der Waals surface area contributed by atoms with Crippen molar-refractivity contribution in [2.45, 2.75) is 26.8 Å². The molecule has 0 radical (unpaired) electrons. The van der Waals surface area contributed by atoms with Crippen LogP contribution >= 0.6 is 11.3 Å². The average molecular weight is 320 g/mol. The van der Waals surface area contributed by atoms with E-state index in [4.69, 9.17) is 0 Å². The minimum Gasteiger partial charge on any atom is -0.350 e. The second-order valence-corrected chi connectivity index (χ2v) is 6.35. The van der Waals surface area contributed by atoms with Gasteiger partial charge in [-0.3, -0.25) is 4.79 Å². The van der Waals surface area contributed by atoms with E-state index >= 15 is 0 Å². The van der Waals surface area contributed by atoms with Crippen LogP contribution in [0.2, 0.25) is 0 Å². The minimum atomic E-state index is -0.256. The van der Waals surface area contributed by atoms with E-state index in [-0.39, 0.29) is 17.8 Å². The predicted molar refractivity (Wildman–Crippen MR) is 89.9 cm³/mol. The summed E-state index contributed by atoms with van der Waals surface area (Å²) < 4.78 is 13.0. The monoisotopic (exact) mass is 320 g/mol. The maximum absolute atomic E-state index is 13.0. The van der Waals surface area contributed by atoms with Crippen molar-refractivity contribution in [2.75, 3.05) is 13.1 Å². The van der Waals surface area contributed by atoms with Gasteiger partial charge in [-0.25, -0.2) is 4.39 Å². The van der Waals surface area contributed by atoms with Crippen molar-refractivity contribution in [3.8, 4) is 10.4 Å². The van der Waals surface area contributed by atoms with Crippen LogP contribution in [0, 0.1) is 12.7 Å². The van der Waals surface area contributed by atoms with E-state index in [0.29, 0.717) is 11.4 Å². The Hall–Kier alpha value is -1.72. The normalized spacial score (nSPS) is 12.2. The summed E-state index contributed by atoms with van der Waals surface area (Å²) in [5.41, 5.74) is 1.96. The lowest BCUT2D eigenvalue weighted by Crippen LogP contribution is -2.38. The van der Waals surface area contributed by atoms with Gasteiger partial charge in [0.1, 0.15) is 5.82 Å². The topological polar surface area (TPSA) is 41.1 Å². The highest BCUT2D eigenvalue weighted by Crippen LogP contribution is 2.32. The van der Waals surface area contributed by atoms with Gasteiger partial charge < -0.3 is 10.6 Å². The molecular formula is C17H21FN2OS. The van der Waals surface area contributed by atoms with E-state index in [1.165, 1.54) is 23.5 Å². The molecule has 0 aliphatic carbocycles. The number of thiophene rings is 1. The summed E-state index contributed by atoms with van der Waals surface area (Å²) in [6.45, 7) is 7.51. The lowest BCUT2D eigenvalue weighted by molar-refractivity contribution is 0.0954. The maximum Gasteiger partial charge on any atom is 0.261 e. The molecule has 118 valence electrons. The van der Waals surface area contributed by atoms with Crippen molar-refractivity contribution >= 4 is 17.2 Å². The van der Waals surface area contributed by atoms with Crippen LogP contribution in [-0.4, -0.2) is 25.0 Å². The number of likely N-dealkylation sites (N-methyl/N-ethyl adjacent to an activating group) is 1. The van der Waals surface area contributed by atoms with E-state index in [2.05, 4.69) is 10.6 Å². The summed E-state index contributed by atoms with van der Waals surface area (Å²) >= 11 is 1.44. The lowest BCUT2D eigenvalue weighted by atomic mass is 10.1. The molecule has 1 atom stereocenters. The number of aryl methyl sites for hydroxylation is 1. The van der Waals surface area contributed by atoms with Gasteiger partial charge in [-0.15, -0.1) is 11.3 Å². The lowest BCUT2D eigenvalue weighted by Gasteiger charge is -2.12. The van der Waals surface area contributed by atoms with Crippen molar-refractivity contribution in [1.82, 2.24) is 10.6 Å². The fourth-order valence-electron chi connectivity index (χ4n) is 2.24. The number of hydrogen-bond donors (Lipinski definition) is 2. The number of hydrogen-bond acceptors (Lipinski definition) is 3. The van der Waals surface area contributed by atoms with Crippen LogP contribution in [0.4, 0.5) is 4.39 Å². The number of halogens is 1. The first kappa shape index (κ1) is 16.6. The smallest absolute Gasteiger partial charge is 0.261 e. The molecule has 1 aromatic heterocycles. The van der Waals surface area contributed by atoms with E-state index in [1.807, 2.05) is 26.8 Å². The Kier molecular flexibility index (Phi) is 5.69. The van der Waals surface area contributed by atoms with Crippen LogP contribution in [0.25, 0.3) is 10.4 Å². The Morgan fingerprint density at radius 2 is 2.00 bits per heavy atom. The molecule has 1 amide bonds. The fraction of sp³-hybridized carbons (Fsp3) is 0.353. The molecule has 0 saturated heterocycles. The highest BCUT2D eigenvalue weighted by Gasteiger charge is 2.14. The second-order valence-electron chi connectivity index (χ2n) is 5.30. The van der Waals surface area contributed by atoms with Gasteiger partial charge in [-0.2, -0.15) is 0 Å². The molecule has 3 nitrogen and oxygen atoms in total. The highest BCUT2D eigenvalue weighted by molar-refractivity contribution is 7.17. The van der Waals surface area contributed by atoms with Gasteiger partial charge in [0.25, 0.3) is 5.91 Å². The van der Waals surface area contributed by atoms with Gasteiger partial charge in [0.15, 0.2) is 0 Å². The van der Waals surface area contributed by atoms with Crippen LogP contribution in [0.5, 0.6) is 0 Å². The predicted octanol–water partition coefficient (Wildman–Crippen LogP) is 3.59. The van der Waals surface area contributed by atoms with Crippen LogP contribution in [0.1, 0.15) is 29.1 Å². The molecule has 2 N–H and O–H groups in total.